The maximum atomic E-state index is 13.9. The first-order valence-electron chi connectivity index (χ1n) is 15.2. The van der Waals surface area contributed by atoms with Gasteiger partial charge in [0.1, 0.15) is 5.01 Å². The standard InChI is InChI=1S/C33H45N5OS/c1-2-26(27-12-6-3-7-13-27)24-38-21-16-29(35-31(33(38)39)17-20-37-18-10-5-11-19-37)22-34-23-30-25-40-32(36-30)28-14-8-4-9-15-28/h3-4,6-9,12-15,25-26,29,31,34-35H,2,5,10-11,16-24H2,1H3/t26-,29+,31+/m1/s1. The summed E-state index contributed by atoms with van der Waals surface area (Å²) in [5, 5.41) is 10.6. The molecule has 0 unspecified atom stereocenters. The van der Waals surface area contributed by atoms with E-state index in [0.29, 0.717) is 5.92 Å². The first-order chi connectivity index (χ1) is 19.7. The van der Waals surface area contributed by atoms with Gasteiger partial charge in [-0.1, -0.05) is 74.0 Å². The predicted molar refractivity (Wildman–Crippen MR) is 166 cm³/mol. The second-order valence-electron chi connectivity index (χ2n) is 11.3. The zero-order chi connectivity index (χ0) is 27.6. The second-order valence-corrected chi connectivity index (χ2v) is 12.2. The minimum absolute atomic E-state index is 0.131. The highest BCUT2D eigenvalue weighted by atomic mass is 32.1. The van der Waals surface area contributed by atoms with E-state index in [1.165, 1.54) is 43.5 Å². The Hall–Kier alpha value is -2.58. The molecule has 3 atom stereocenters. The highest BCUT2D eigenvalue weighted by molar-refractivity contribution is 7.13. The molecule has 2 N–H and O–H groups in total. The number of likely N-dealkylation sites (tertiary alicyclic amines) is 1. The molecule has 3 heterocycles. The molecule has 5 rings (SSSR count). The van der Waals surface area contributed by atoms with Crippen LogP contribution in [-0.4, -0.2) is 72.0 Å². The largest absolute Gasteiger partial charge is 0.341 e. The number of piperidine rings is 1. The number of nitrogens with zero attached hydrogens (tertiary/aromatic N) is 3. The molecule has 6 nitrogen and oxygen atoms in total. The van der Waals surface area contributed by atoms with E-state index in [9.17, 15) is 4.79 Å². The molecular weight excluding hydrogens is 514 g/mol. The summed E-state index contributed by atoms with van der Waals surface area (Å²) in [5.41, 5.74) is 3.57. The molecule has 7 heteroatoms. The van der Waals surface area contributed by atoms with Crippen molar-refractivity contribution in [3.8, 4) is 10.6 Å². The van der Waals surface area contributed by atoms with Crippen LogP contribution < -0.4 is 10.6 Å². The average Bonchev–Trinajstić information content (AvgIpc) is 3.43. The topological polar surface area (TPSA) is 60.5 Å². The zero-order valence-corrected chi connectivity index (χ0v) is 24.7. The van der Waals surface area contributed by atoms with Gasteiger partial charge in [-0.05, 0) is 50.8 Å². The van der Waals surface area contributed by atoms with Crippen LogP contribution in [0.15, 0.2) is 66.0 Å². The van der Waals surface area contributed by atoms with E-state index in [2.05, 4.69) is 87.3 Å². The fraction of sp³-hybridized carbons (Fsp3) is 0.515. The maximum Gasteiger partial charge on any atom is 0.239 e. The smallest absolute Gasteiger partial charge is 0.239 e. The number of hydrogen-bond acceptors (Lipinski definition) is 6. The van der Waals surface area contributed by atoms with Crippen molar-refractivity contribution in [3.63, 3.8) is 0 Å². The number of thiazole rings is 1. The predicted octanol–water partition coefficient (Wildman–Crippen LogP) is 5.53. The summed E-state index contributed by atoms with van der Waals surface area (Å²) in [5.74, 6) is 0.645. The third kappa shape index (κ3) is 8.00. The van der Waals surface area contributed by atoms with Crippen molar-refractivity contribution in [1.82, 2.24) is 25.4 Å². The molecule has 0 bridgehead atoms. The summed E-state index contributed by atoms with van der Waals surface area (Å²) >= 11 is 1.70. The molecule has 2 aliphatic heterocycles. The lowest BCUT2D eigenvalue weighted by Gasteiger charge is -2.31. The molecule has 0 saturated carbocycles. The Morgan fingerprint density at radius 3 is 2.52 bits per heavy atom. The van der Waals surface area contributed by atoms with E-state index in [1.54, 1.807) is 11.3 Å². The van der Waals surface area contributed by atoms with E-state index >= 15 is 0 Å². The molecule has 2 fully saturated rings. The van der Waals surface area contributed by atoms with E-state index in [1.807, 2.05) is 6.07 Å². The number of benzene rings is 2. The van der Waals surface area contributed by atoms with Crippen molar-refractivity contribution in [3.05, 3.63) is 77.3 Å². The molecule has 0 aliphatic carbocycles. The van der Waals surface area contributed by atoms with Crippen LogP contribution in [0.25, 0.3) is 10.6 Å². The van der Waals surface area contributed by atoms with Crippen LogP contribution in [0.1, 0.15) is 62.6 Å². The van der Waals surface area contributed by atoms with Crippen LogP contribution in [0, 0.1) is 0 Å². The van der Waals surface area contributed by atoms with Gasteiger partial charge in [0.2, 0.25) is 5.91 Å². The van der Waals surface area contributed by atoms with Gasteiger partial charge in [-0.2, -0.15) is 0 Å². The summed E-state index contributed by atoms with van der Waals surface area (Å²) in [6, 6.07) is 21.2. The fourth-order valence-corrected chi connectivity index (χ4v) is 6.89. The van der Waals surface area contributed by atoms with Crippen molar-refractivity contribution in [1.29, 1.82) is 0 Å². The molecule has 214 valence electrons. The van der Waals surface area contributed by atoms with Gasteiger partial charge in [0.05, 0.1) is 11.7 Å². The Morgan fingerprint density at radius 2 is 1.77 bits per heavy atom. The maximum absolute atomic E-state index is 13.9. The Morgan fingerprint density at radius 1 is 1.02 bits per heavy atom. The van der Waals surface area contributed by atoms with Gasteiger partial charge >= 0.3 is 0 Å². The summed E-state index contributed by atoms with van der Waals surface area (Å²) in [7, 11) is 0. The second kappa shape index (κ2) is 14.9. The lowest BCUT2D eigenvalue weighted by atomic mass is 9.95. The Kier molecular flexibility index (Phi) is 10.8. The Balaban J connectivity index is 1.20. The van der Waals surface area contributed by atoms with Gasteiger partial charge in [-0.3, -0.25) is 4.79 Å². The number of aromatic nitrogens is 1. The quantitative estimate of drug-likeness (QED) is 0.306. The minimum atomic E-state index is -0.131. The highest BCUT2D eigenvalue weighted by Crippen LogP contribution is 2.24. The molecule has 2 saturated heterocycles. The number of nitrogens with one attached hydrogen (secondary N) is 2. The minimum Gasteiger partial charge on any atom is -0.341 e. The molecule has 1 aromatic heterocycles. The van der Waals surface area contributed by atoms with Gasteiger partial charge in [-0.25, -0.2) is 4.98 Å². The number of carbonyl (C=O) groups is 1. The van der Waals surface area contributed by atoms with E-state index in [0.717, 1.165) is 62.7 Å². The Bertz CT molecular complexity index is 1160. The molecular formula is C33H45N5OS. The first-order valence-corrected chi connectivity index (χ1v) is 16.1. The van der Waals surface area contributed by atoms with E-state index in [-0.39, 0.29) is 18.0 Å². The summed E-state index contributed by atoms with van der Waals surface area (Å²) in [6.45, 7) is 8.73. The Labute approximate surface area is 244 Å². The van der Waals surface area contributed by atoms with E-state index in [4.69, 9.17) is 4.98 Å². The third-order valence-electron chi connectivity index (χ3n) is 8.45. The number of carbonyl (C=O) groups excluding carboxylic acids is 1. The van der Waals surface area contributed by atoms with Crippen LogP contribution in [0.2, 0.25) is 0 Å². The van der Waals surface area contributed by atoms with Crippen molar-refractivity contribution in [2.24, 2.45) is 0 Å². The van der Waals surface area contributed by atoms with Crippen molar-refractivity contribution in [2.75, 3.05) is 39.3 Å². The van der Waals surface area contributed by atoms with Gasteiger partial charge in [0.25, 0.3) is 0 Å². The van der Waals surface area contributed by atoms with Crippen LogP contribution >= 0.6 is 11.3 Å². The van der Waals surface area contributed by atoms with Crippen LogP contribution in [0.4, 0.5) is 0 Å². The van der Waals surface area contributed by atoms with Crippen LogP contribution in [0.5, 0.6) is 0 Å². The van der Waals surface area contributed by atoms with Crippen molar-refractivity contribution < 1.29 is 4.79 Å². The molecule has 0 radical (unpaired) electrons. The molecule has 2 aromatic carbocycles. The normalized spacial score (nSPS) is 21.3. The number of rotatable bonds is 12. The van der Waals surface area contributed by atoms with Gasteiger partial charge in [-0.15, -0.1) is 11.3 Å². The van der Waals surface area contributed by atoms with Crippen molar-refractivity contribution >= 4 is 17.2 Å². The van der Waals surface area contributed by atoms with Crippen LogP contribution in [0.3, 0.4) is 0 Å². The first kappa shape index (κ1) is 28.9. The molecule has 3 aromatic rings. The fourth-order valence-electron chi connectivity index (χ4n) is 6.06. The average molecular weight is 560 g/mol. The van der Waals surface area contributed by atoms with Crippen LogP contribution in [-0.2, 0) is 11.3 Å². The zero-order valence-electron chi connectivity index (χ0n) is 23.9. The summed E-state index contributed by atoms with van der Waals surface area (Å²) in [6.07, 6.45) is 6.76. The lowest BCUT2D eigenvalue weighted by Crippen LogP contribution is -2.50. The van der Waals surface area contributed by atoms with Gasteiger partial charge in [0.15, 0.2) is 0 Å². The SMILES string of the molecule is CC[C@H](CN1CC[C@@H](CNCc2csc(-c3ccccc3)n2)N[C@@H](CCN2CCCCC2)C1=O)c1ccccc1. The molecule has 2 aliphatic rings. The summed E-state index contributed by atoms with van der Waals surface area (Å²) < 4.78 is 0. The highest BCUT2D eigenvalue weighted by Gasteiger charge is 2.32. The van der Waals surface area contributed by atoms with E-state index < -0.39 is 0 Å². The number of hydrogen-bond donors (Lipinski definition) is 2. The third-order valence-corrected chi connectivity index (χ3v) is 9.39. The van der Waals surface area contributed by atoms with Gasteiger partial charge in [0, 0.05) is 55.6 Å². The summed E-state index contributed by atoms with van der Waals surface area (Å²) in [4.78, 5) is 23.4. The monoisotopic (exact) mass is 559 g/mol. The molecule has 0 spiro atoms. The molecule has 1 amide bonds. The van der Waals surface area contributed by atoms with Gasteiger partial charge < -0.3 is 20.4 Å². The lowest BCUT2D eigenvalue weighted by molar-refractivity contribution is -0.133. The molecule has 40 heavy (non-hydrogen) atoms. The number of amides is 1. The van der Waals surface area contributed by atoms with Crippen molar-refractivity contribution in [2.45, 2.75) is 70.0 Å².